The third kappa shape index (κ3) is 6.09. The van der Waals surface area contributed by atoms with Gasteiger partial charge in [0.15, 0.2) is 17.3 Å². The van der Waals surface area contributed by atoms with Crippen LogP contribution in [0.4, 0.5) is 5.69 Å². The lowest BCUT2D eigenvalue weighted by molar-refractivity contribution is -0.116. The number of benzene rings is 3. The largest absolute Gasteiger partial charge is 0.495 e. The van der Waals surface area contributed by atoms with Gasteiger partial charge in [-0.05, 0) is 73.2 Å². The molecule has 224 valence electrons. The maximum atomic E-state index is 14.1. The SMILES string of the molecule is CCCOc1ccc([C@@H]2C(C(=O)Nc3ccccc3OC)=C(C)NC3=C2C(=O)C[C@H](c2ccc(OC)c(OC)c2)C3)cc1. The van der Waals surface area contributed by atoms with Crippen molar-refractivity contribution in [3.05, 3.63) is 100 Å². The highest BCUT2D eigenvalue weighted by atomic mass is 16.5. The number of ketones is 1. The number of rotatable bonds is 10. The van der Waals surface area contributed by atoms with Crippen molar-refractivity contribution in [1.29, 1.82) is 0 Å². The molecule has 0 spiro atoms. The van der Waals surface area contributed by atoms with Crippen molar-refractivity contribution in [3.8, 4) is 23.0 Å². The fourth-order valence-corrected chi connectivity index (χ4v) is 5.93. The second-order valence-corrected chi connectivity index (χ2v) is 10.7. The first kappa shape index (κ1) is 29.8. The molecule has 3 aromatic rings. The predicted octanol–water partition coefficient (Wildman–Crippen LogP) is 6.50. The van der Waals surface area contributed by atoms with E-state index in [2.05, 4.69) is 17.6 Å². The highest BCUT2D eigenvalue weighted by Crippen LogP contribution is 2.47. The molecule has 0 fully saturated rings. The minimum absolute atomic E-state index is 0.0000592. The van der Waals surface area contributed by atoms with E-state index in [1.807, 2.05) is 61.5 Å². The number of methoxy groups -OCH3 is 3. The Morgan fingerprint density at radius 2 is 1.58 bits per heavy atom. The van der Waals surface area contributed by atoms with E-state index in [-0.39, 0.29) is 17.6 Å². The van der Waals surface area contributed by atoms with Crippen LogP contribution in [0.2, 0.25) is 0 Å². The molecule has 1 amide bonds. The van der Waals surface area contributed by atoms with Crippen LogP contribution in [0.15, 0.2) is 89.3 Å². The summed E-state index contributed by atoms with van der Waals surface area (Å²) in [7, 11) is 4.77. The average Bonchev–Trinajstić information content (AvgIpc) is 3.03. The van der Waals surface area contributed by atoms with Gasteiger partial charge in [-0.3, -0.25) is 9.59 Å². The van der Waals surface area contributed by atoms with Gasteiger partial charge in [0.25, 0.3) is 5.91 Å². The van der Waals surface area contributed by atoms with Crippen molar-refractivity contribution in [2.24, 2.45) is 0 Å². The standard InChI is InChI=1S/C35H38N2O6/c1-6-17-43-25-14-11-22(12-15-25)33-32(35(39)37-26-9-7-8-10-29(26)40-3)21(2)36-27-18-24(19-28(38)34(27)33)23-13-16-30(41-4)31(20-23)42-5/h7-16,20,24,33,36H,6,17-19H2,1-5H3,(H,37,39)/t24-,33-/m1/s1. The molecule has 1 aliphatic carbocycles. The number of hydrogen-bond donors (Lipinski definition) is 2. The quantitative estimate of drug-likeness (QED) is 0.282. The zero-order chi connectivity index (χ0) is 30.5. The molecule has 0 saturated heterocycles. The molecule has 8 heteroatoms. The minimum Gasteiger partial charge on any atom is -0.495 e. The van der Waals surface area contributed by atoms with E-state index in [1.165, 1.54) is 0 Å². The van der Waals surface area contributed by atoms with Crippen LogP contribution in [-0.4, -0.2) is 39.6 Å². The van der Waals surface area contributed by atoms with E-state index in [1.54, 1.807) is 33.5 Å². The molecule has 2 N–H and O–H groups in total. The Balaban J connectivity index is 1.54. The second kappa shape index (κ2) is 13.1. The molecule has 8 nitrogen and oxygen atoms in total. The zero-order valence-corrected chi connectivity index (χ0v) is 25.3. The highest BCUT2D eigenvalue weighted by Gasteiger charge is 2.41. The van der Waals surface area contributed by atoms with E-state index in [4.69, 9.17) is 18.9 Å². The number of carbonyl (C=O) groups excluding carboxylic acids is 2. The summed E-state index contributed by atoms with van der Waals surface area (Å²) in [5.41, 5.74) is 5.04. The maximum Gasteiger partial charge on any atom is 0.254 e. The Bertz CT molecular complexity index is 1570. The van der Waals surface area contributed by atoms with Gasteiger partial charge < -0.3 is 29.6 Å². The van der Waals surface area contributed by atoms with Crippen LogP contribution in [0, 0.1) is 0 Å². The summed E-state index contributed by atoms with van der Waals surface area (Å²) in [5, 5.41) is 6.47. The predicted molar refractivity (Wildman–Crippen MR) is 166 cm³/mol. The number of nitrogens with one attached hydrogen (secondary N) is 2. The van der Waals surface area contributed by atoms with Gasteiger partial charge >= 0.3 is 0 Å². The molecule has 0 bridgehead atoms. The summed E-state index contributed by atoms with van der Waals surface area (Å²) in [4.78, 5) is 28.0. The molecule has 0 saturated carbocycles. The Morgan fingerprint density at radius 1 is 0.884 bits per heavy atom. The van der Waals surface area contributed by atoms with Gasteiger partial charge in [-0.1, -0.05) is 37.3 Å². The van der Waals surface area contributed by atoms with Gasteiger partial charge in [0.2, 0.25) is 0 Å². The Labute approximate surface area is 252 Å². The molecule has 1 heterocycles. The maximum absolute atomic E-state index is 14.1. The Hall–Kier alpha value is -4.72. The Morgan fingerprint density at radius 3 is 2.28 bits per heavy atom. The van der Waals surface area contributed by atoms with Crippen LogP contribution >= 0.6 is 0 Å². The number of ether oxygens (including phenoxy) is 4. The van der Waals surface area contributed by atoms with Gasteiger partial charge in [-0.2, -0.15) is 0 Å². The summed E-state index contributed by atoms with van der Waals surface area (Å²) in [5.74, 6) is 1.66. The van der Waals surface area contributed by atoms with E-state index in [0.29, 0.717) is 59.2 Å². The van der Waals surface area contributed by atoms with Crippen molar-refractivity contribution in [3.63, 3.8) is 0 Å². The molecule has 2 atom stereocenters. The third-order valence-corrected chi connectivity index (χ3v) is 7.99. The second-order valence-electron chi connectivity index (χ2n) is 10.7. The van der Waals surface area contributed by atoms with Crippen LogP contribution < -0.4 is 29.6 Å². The van der Waals surface area contributed by atoms with E-state index in [0.717, 1.165) is 29.0 Å². The zero-order valence-electron chi connectivity index (χ0n) is 25.3. The van der Waals surface area contributed by atoms with Crippen LogP contribution in [0.1, 0.15) is 56.1 Å². The Kier molecular flexibility index (Phi) is 9.04. The smallest absolute Gasteiger partial charge is 0.254 e. The van der Waals surface area contributed by atoms with Gasteiger partial charge in [0, 0.05) is 34.9 Å². The summed E-state index contributed by atoms with van der Waals surface area (Å²) < 4.78 is 22.2. The fourth-order valence-electron chi connectivity index (χ4n) is 5.93. The first-order valence-corrected chi connectivity index (χ1v) is 14.5. The highest BCUT2D eigenvalue weighted by molar-refractivity contribution is 6.10. The number of anilines is 1. The lowest BCUT2D eigenvalue weighted by atomic mass is 9.71. The summed E-state index contributed by atoms with van der Waals surface area (Å²) in [6.45, 7) is 4.56. The summed E-state index contributed by atoms with van der Waals surface area (Å²) in [6.07, 6.45) is 1.82. The fraction of sp³-hybridized carbons (Fsp3) is 0.314. The number of carbonyl (C=O) groups is 2. The molecule has 0 radical (unpaired) electrons. The van der Waals surface area contributed by atoms with Crippen LogP contribution in [0.5, 0.6) is 23.0 Å². The lowest BCUT2D eigenvalue weighted by Gasteiger charge is -2.37. The number of amides is 1. The average molecular weight is 583 g/mol. The molecule has 43 heavy (non-hydrogen) atoms. The number of hydrogen-bond acceptors (Lipinski definition) is 7. The van der Waals surface area contributed by atoms with Crippen LogP contribution in [0.25, 0.3) is 0 Å². The van der Waals surface area contributed by atoms with Gasteiger partial charge in [0.1, 0.15) is 11.5 Å². The minimum atomic E-state index is -0.551. The van der Waals surface area contributed by atoms with Crippen molar-refractivity contribution in [2.75, 3.05) is 33.3 Å². The molecule has 1 aliphatic heterocycles. The summed E-state index contributed by atoms with van der Waals surface area (Å²) >= 11 is 0. The molecule has 0 unspecified atom stereocenters. The van der Waals surface area contributed by atoms with Crippen LogP contribution in [-0.2, 0) is 9.59 Å². The van der Waals surface area contributed by atoms with Crippen molar-refractivity contribution < 1.29 is 28.5 Å². The molecule has 0 aromatic heterocycles. The van der Waals surface area contributed by atoms with Crippen LogP contribution in [0.3, 0.4) is 0 Å². The van der Waals surface area contributed by atoms with Gasteiger partial charge in [-0.15, -0.1) is 0 Å². The van der Waals surface area contributed by atoms with Gasteiger partial charge in [-0.25, -0.2) is 0 Å². The number of Topliss-reactive ketones (excluding diaryl/α,β-unsaturated/α-hetero) is 1. The molecule has 2 aliphatic rings. The first-order valence-electron chi connectivity index (χ1n) is 14.5. The normalized spacial score (nSPS) is 18.0. The summed E-state index contributed by atoms with van der Waals surface area (Å²) in [6, 6.07) is 20.8. The van der Waals surface area contributed by atoms with Gasteiger partial charge in [0.05, 0.1) is 33.6 Å². The molecular weight excluding hydrogens is 544 g/mol. The van der Waals surface area contributed by atoms with Crippen molar-refractivity contribution in [1.82, 2.24) is 5.32 Å². The first-order chi connectivity index (χ1) is 20.9. The topological polar surface area (TPSA) is 95.1 Å². The van der Waals surface area contributed by atoms with Crippen molar-refractivity contribution in [2.45, 2.75) is 44.9 Å². The molecule has 5 rings (SSSR count). The van der Waals surface area contributed by atoms with E-state index >= 15 is 0 Å². The molecular formula is C35H38N2O6. The number of para-hydroxylation sites is 2. The molecule has 3 aromatic carbocycles. The third-order valence-electron chi connectivity index (χ3n) is 7.99. The number of allylic oxidation sites excluding steroid dienone is 3. The van der Waals surface area contributed by atoms with E-state index < -0.39 is 5.92 Å². The lowest BCUT2D eigenvalue weighted by Crippen LogP contribution is -2.37. The van der Waals surface area contributed by atoms with E-state index in [9.17, 15) is 9.59 Å². The monoisotopic (exact) mass is 582 g/mol. The number of dihydropyridines is 1. The van der Waals surface area contributed by atoms with Crippen molar-refractivity contribution >= 4 is 17.4 Å².